The fraction of sp³-hybridized carbons (Fsp3) is 0.500. The number of nitrogens with two attached hydrogens (primary N) is 1. The van der Waals surface area contributed by atoms with Gasteiger partial charge in [0, 0.05) is 37.2 Å². The van der Waals surface area contributed by atoms with E-state index in [4.69, 9.17) is 15.2 Å². The molecule has 8 nitrogen and oxygen atoms in total. The average molecular weight is 514 g/mol. The summed E-state index contributed by atoms with van der Waals surface area (Å²) in [6.45, 7) is 3.47. The predicted octanol–water partition coefficient (Wildman–Crippen LogP) is 3.57. The number of ether oxygens (including phenoxy) is 3. The van der Waals surface area contributed by atoms with E-state index in [0.29, 0.717) is 37.2 Å². The molecule has 2 fully saturated rings. The monoisotopic (exact) mass is 513 g/mol. The van der Waals surface area contributed by atoms with Crippen molar-refractivity contribution in [2.24, 2.45) is 11.7 Å². The number of carbonyl (C=O) groups is 2. The van der Waals surface area contributed by atoms with Gasteiger partial charge in [-0.25, -0.2) is 9.18 Å². The number of morpholine rings is 1. The first-order valence-electron chi connectivity index (χ1n) is 12.8. The van der Waals surface area contributed by atoms with Crippen molar-refractivity contribution in [1.82, 2.24) is 10.2 Å². The molecule has 200 valence electrons. The molecule has 2 aromatic carbocycles. The lowest BCUT2D eigenvalue weighted by molar-refractivity contribution is -0.152. The van der Waals surface area contributed by atoms with Gasteiger partial charge in [0.2, 0.25) is 5.91 Å². The van der Waals surface area contributed by atoms with Gasteiger partial charge in [-0.05, 0) is 43.4 Å². The first kappa shape index (κ1) is 27.0. The second kappa shape index (κ2) is 12.5. The minimum atomic E-state index is -0.674. The maximum atomic E-state index is 15.3. The molecule has 37 heavy (non-hydrogen) atoms. The van der Waals surface area contributed by atoms with Gasteiger partial charge in [0.1, 0.15) is 18.0 Å². The lowest BCUT2D eigenvalue weighted by Gasteiger charge is -2.38. The molecule has 4 atom stereocenters. The highest BCUT2D eigenvalue weighted by atomic mass is 19.1. The number of aryl methyl sites for hydroxylation is 1. The molecule has 1 saturated carbocycles. The third-order valence-electron chi connectivity index (χ3n) is 7.08. The summed E-state index contributed by atoms with van der Waals surface area (Å²) in [7, 11) is 1.29. The first-order chi connectivity index (χ1) is 17.9. The Hall–Kier alpha value is -3.01. The zero-order valence-corrected chi connectivity index (χ0v) is 21.5. The van der Waals surface area contributed by atoms with Crippen LogP contribution in [0.1, 0.15) is 36.5 Å². The van der Waals surface area contributed by atoms with Gasteiger partial charge in [0.15, 0.2) is 0 Å². The van der Waals surface area contributed by atoms with Gasteiger partial charge >= 0.3 is 6.09 Å². The number of hydrogen-bond donors (Lipinski definition) is 2. The van der Waals surface area contributed by atoms with Gasteiger partial charge in [-0.15, -0.1) is 0 Å². The summed E-state index contributed by atoms with van der Waals surface area (Å²) >= 11 is 0. The van der Waals surface area contributed by atoms with Gasteiger partial charge in [0.25, 0.3) is 0 Å². The van der Waals surface area contributed by atoms with Crippen LogP contribution in [0.5, 0.6) is 0 Å². The Morgan fingerprint density at radius 3 is 2.78 bits per heavy atom. The molecular formula is C28H36FN3O5. The average Bonchev–Trinajstić information content (AvgIpc) is 3.34. The van der Waals surface area contributed by atoms with Crippen LogP contribution in [0, 0.1) is 18.7 Å². The maximum Gasteiger partial charge on any atom is 0.406 e. The Balaban J connectivity index is 1.61. The molecule has 0 radical (unpaired) electrons. The summed E-state index contributed by atoms with van der Waals surface area (Å²) in [5, 5.41) is 2.60. The van der Waals surface area contributed by atoms with E-state index in [1.807, 2.05) is 42.2 Å². The molecule has 0 bridgehead atoms. The molecule has 0 unspecified atom stereocenters. The minimum absolute atomic E-state index is 0.0633. The van der Waals surface area contributed by atoms with Gasteiger partial charge in [0.05, 0.1) is 20.3 Å². The lowest BCUT2D eigenvalue weighted by Crippen LogP contribution is -2.50. The number of benzene rings is 2. The van der Waals surface area contributed by atoms with Crippen molar-refractivity contribution in [3.63, 3.8) is 0 Å². The van der Waals surface area contributed by atoms with Crippen molar-refractivity contribution in [1.29, 1.82) is 0 Å². The van der Waals surface area contributed by atoms with E-state index in [2.05, 4.69) is 10.1 Å². The number of methoxy groups -OCH3 is 1. The Bertz CT molecular complexity index is 1100. The van der Waals surface area contributed by atoms with E-state index >= 15 is 4.39 Å². The maximum absolute atomic E-state index is 15.3. The summed E-state index contributed by atoms with van der Waals surface area (Å²) in [4.78, 5) is 26.6. The Morgan fingerprint density at radius 1 is 1.24 bits per heavy atom. The highest BCUT2D eigenvalue weighted by molar-refractivity contribution is 5.79. The smallest absolute Gasteiger partial charge is 0.406 e. The Morgan fingerprint density at radius 2 is 2.05 bits per heavy atom. The van der Waals surface area contributed by atoms with Gasteiger partial charge in [-0.1, -0.05) is 42.0 Å². The highest BCUT2D eigenvalue weighted by Crippen LogP contribution is 2.37. The SMILES string of the molecule is COC(=O)NCCO[C@@H](c1cccc(F)c1-c1cccc(C)c1)[C@H]1CN(C(=O)[C@@H]2CC[C@H](N)C2)CCO1. The normalized spacial score (nSPS) is 22.5. The summed E-state index contributed by atoms with van der Waals surface area (Å²) in [6, 6.07) is 12.6. The molecular weight excluding hydrogens is 477 g/mol. The topological polar surface area (TPSA) is 103 Å². The number of nitrogens with one attached hydrogen (secondary N) is 1. The number of carbonyl (C=O) groups excluding carboxylic acids is 2. The fourth-order valence-corrected chi connectivity index (χ4v) is 5.25. The molecule has 0 spiro atoms. The number of amides is 2. The highest BCUT2D eigenvalue weighted by Gasteiger charge is 2.37. The van der Waals surface area contributed by atoms with Crippen molar-refractivity contribution in [3.8, 4) is 11.1 Å². The Kier molecular flexibility index (Phi) is 9.13. The molecule has 2 aliphatic rings. The van der Waals surface area contributed by atoms with E-state index in [1.54, 1.807) is 6.07 Å². The third-order valence-corrected chi connectivity index (χ3v) is 7.08. The second-order valence-electron chi connectivity index (χ2n) is 9.75. The van der Waals surface area contributed by atoms with Crippen LogP contribution in [0.15, 0.2) is 42.5 Å². The van der Waals surface area contributed by atoms with Crippen LogP contribution in [-0.2, 0) is 19.0 Å². The number of halogens is 1. The van der Waals surface area contributed by atoms with Gasteiger partial charge in [-0.2, -0.15) is 0 Å². The van der Waals surface area contributed by atoms with Crippen LogP contribution in [0.25, 0.3) is 11.1 Å². The van der Waals surface area contributed by atoms with Gasteiger partial charge < -0.3 is 30.2 Å². The van der Waals surface area contributed by atoms with Crippen LogP contribution < -0.4 is 11.1 Å². The molecule has 1 saturated heterocycles. The van der Waals surface area contributed by atoms with Crippen molar-refractivity contribution < 1.29 is 28.2 Å². The van der Waals surface area contributed by atoms with E-state index in [9.17, 15) is 9.59 Å². The van der Waals surface area contributed by atoms with Gasteiger partial charge in [-0.3, -0.25) is 4.79 Å². The molecule has 2 aromatic rings. The molecule has 2 amide bonds. The molecule has 0 aromatic heterocycles. The van der Waals surface area contributed by atoms with Crippen LogP contribution >= 0.6 is 0 Å². The summed E-state index contributed by atoms with van der Waals surface area (Å²) in [6.07, 6.45) is 0.589. The minimum Gasteiger partial charge on any atom is -0.453 e. The van der Waals surface area contributed by atoms with E-state index in [-0.39, 0.29) is 36.8 Å². The number of rotatable bonds is 8. The standard InChI is InChI=1S/C28H36FN3O5/c1-18-5-3-6-19(15-18)25-22(7-4-8-23(25)29)26(37-13-11-31-28(34)35-2)24-17-32(12-14-36-24)27(33)20-9-10-21(30)16-20/h3-8,15,20-21,24,26H,9-14,16-17,30H2,1-2H3,(H,31,34)/t20-,21+,24-,26+/m1/s1. The number of hydrogen-bond acceptors (Lipinski definition) is 6. The largest absolute Gasteiger partial charge is 0.453 e. The quantitative estimate of drug-likeness (QED) is 0.523. The first-order valence-corrected chi connectivity index (χ1v) is 12.8. The summed E-state index contributed by atoms with van der Waals surface area (Å²) in [5.74, 6) is -0.354. The molecule has 9 heteroatoms. The van der Waals surface area contributed by atoms with E-state index < -0.39 is 18.3 Å². The van der Waals surface area contributed by atoms with Crippen LogP contribution in [-0.4, -0.2) is 69.0 Å². The molecule has 1 aliphatic carbocycles. The van der Waals surface area contributed by atoms with E-state index in [0.717, 1.165) is 24.0 Å². The number of alkyl carbamates (subject to hydrolysis) is 1. The summed E-state index contributed by atoms with van der Waals surface area (Å²) in [5.41, 5.74) is 8.86. The number of nitrogens with zero attached hydrogens (tertiary/aromatic N) is 1. The second-order valence-corrected chi connectivity index (χ2v) is 9.75. The molecule has 1 aliphatic heterocycles. The van der Waals surface area contributed by atoms with Crippen molar-refractivity contribution >= 4 is 12.0 Å². The molecule has 1 heterocycles. The van der Waals surface area contributed by atoms with Crippen LogP contribution in [0.3, 0.4) is 0 Å². The van der Waals surface area contributed by atoms with Crippen molar-refractivity contribution in [2.75, 3.05) is 40.0 Å². The van der Waals surface area contributed by atoms with Crippen molar-refractivity contribution in [3.05, 3.63) is 59.4 Å². The third kappa shape index (κ3) is 6.66. The van der Waals surface area contributed by atoms with E-state index in [1.165, 1.54) is 13.2 Å². The van der Waals surface area contributed by atoms with Crippen molar-refractivity contribution in [2.45, 2.75) is 44.4 Å². The summed E-state index contributed by atoms with van der Waals surface area (Å²) < 4.78 is 32.4. The Labute approximate surface area is 217 Å². The molecule has 3 N–H and O–H groups in total. The molecule has 4 rings (SSSR count). The van der Waals surface area contributed by atoms with Crippen LogP contribution in [0.4, 0.5) is 9.18 Å². The fourth-order valence-electron chi connectivity index (χ4n) is 5.25. The lowest BCUT2D eigenvalue weighted by atomic mass is 9.91. The predicted molar refractivity (Wildman–Crippen MR) is 137 cm³/mol. The zero-order valence-electron chi connectivity index (χ0n) is 21.5. The van der Waals surface area contributed by atoms with Crippen LogP contribution in [0.2, 0.25) is 0 Å². The zero-order chi connectivity index (χ0) is 26.4.